The summed E-state index contributed by atoms with van der Waals surface area (Å²) in [6.45, 7) is 0.640. The lowest BCUT2D eigenvalue weighted by Crippen LogP contribution is -2.90. The first-order valence-corrected chi connectivity index (χ1v) is 7.37. The Morgan fingerprint density at radius 3 is 2.50 bits per heavy atom. The molecule has 112 valence electrons. The first-order valence-electron chi connectivity index (χ1n) is 7.00. The zero-order valence-electron chi connectivity index (χ0n) is 11.8. The third kappa shape index (κ3) is 3.00. The molecule has 1 aliphatic rings. The molecule has 1 fully saturated rings. The number of benzene rings is 1. The molecule has 1 unspecified atom stereocenters. The predicted octanol–water partition coefficient (Wildman–Crippen LogP) is 1.13. The summed E-state index contributed by atoms with van der Waals surface area (Å²) in [7, 11) is 0. The molecule has 2 aromatic rings. The van der Waals surface area contributed by atoms with Gasteiger partial charge in [-0.25, -0.2) is 4.90 Å². The second kappa shape index (κ2) is 6.25. The highest BCUT2D eigenvalue weighted by Crippen LogP contribution is 2.23. The average Bonchev–Trinajstić information content (AvgIpc) is 2.82. The maximum atomic E-state index is 12.5. The molecule has 0 saturated carbocycles. The van der Waals surface area contributed by atoms with E-state index >= 15 is 0 Å². The predicted molar refractivity (Wildman–Crippen MR) is 82.2 cm³/mol. The molecular formula is C16H15ClN3O2+. The lowest BCUT2D eigenvalue weighted by atomic mass is 10.2. The average molecular weight is 317 g/mol. The Balaban J connectivity index is 1.70. The molecule has 5 nitrogen and oxygen atoms in total. The van der Waals surface area contributed by atoms with Crippen molar-refractivity contribution in [3.05, 3.63) is 59.4 Å². The van der Waals surface area contributed by atoms with Crippen molar-refractivity contribution in [1.29, 1.82) is 0 Å². The van der Waals surface area contributed by atoms with Crippen LogP contribution in [0.15, 0.2) is 48.8 Å². The number of quaternary nitrogens is 1. The molecule has 3 rings (SSSR count). The fourth-order valence-electron chi connectivity index (χ4n) is 2.50. The molecule has 6 heteroatoms. The molecule has 0 radical (unpaired) electrons. The number of pyridine rings is 1. The third-order valence-electron chi connectivity index (χ3n) is 3.65. The SMILES string of the molecule is O=C1CC([NH2+]Cc2ccncc2)C(=O)N1c1ccc(Cl)cc1. The number of hydrogen-bond donors (Lipinski definition) is 1. The maximum Gasteiger partial charge on any atom is 0.292 e. The van der Waals surface area contributed by atoms with Gasteiger partial charge in [0, 0.05) is 23.0 Å². The van der Waals surface area contributed by atoms with E-state index in [0.29, 0.717) is 17.3 Å². The molecule has 2 N–H and O–H groups in total. The highest BCUT2D eigenvalue weighted by Gasteiger charge is 2.42. The standard InChI is InChI=1S/C16H14ClN3O2/c17-12-1-3-13(4-2-12)20-15(21)9-14(16(20)22)19-10-11-5-7-18-8-6-11/h1-8,14,19H,9-10H2/p+1. The first-order chi connectivity index (χ1) is 10.6. The summed E-state index contributed by atoms with van der Waals surface area (Å²) in [5, 5.41) is 2.47. The van der Waals surface area contributed by atoms with E-state index in [1.807, 2.05) is 17.4 Å². The second-order valence-corrected chi connectivity index (χ2v) is 5.59. The number of carbonyl (C=O) groups is 2. The molecule has 22 heavy (non-hydrogen) atoms. The Labute approximate surface area is 132 Å². The summed E-state index contributed by atoms with van der Waals surface area (Å²) in [6.07, 6.45) is 3.64. The minimum absolute atomic E-state index is 0.177. The molecule has 0 aliphatic carbocycles. The van der Waals surface area contributed by atoms with Crippen LogP contribution in [0.2, 0.25) is 5.02 Å². The van der Waals surface area contributed by atoms with Crippen LogP contribution in [0.5, 0.6) is 0 Å². The lowest BCUT2D eigenvalue weighted by molar-refractivity contribution is -0.690. The minimum atomic E-state index is -0.378. The summed E-state index contributed by atoms with van der Waals surface area (Å²) in [5.41, 5.74) is 1.64. The molecule has 1 saturated heterocycles. The van der Waals surface area contributed by atoms with Gasteiger partial charge in [0.1, 0.15) is 6.54 Å². The first kappa shape index (κ1) is 14.7. The number of rotatable bonds is 4. The van der Waals surface area contributed by atoms with Crippen molar-refractivity contribution in [3.63, 3.8) is 0 Å². The molecule has 0 bridgehead atoms. The zero-order valence-corrected chi connectivity index (χ0v) is 12.5. The third-order valence-corrected chi connectivity index (χ3v) is 3.91. The van der Waals surface area contributed by atoms with Crippen molar-refractivity contribution >= 4 is 29.1 Å². The van der Waals surface area contributed by atoms with E-state index in [4.69, 9.17) is 11.6 Å². The van der Waals surface area contributed by atoms with E-state index in [2.05, 4.69) is 4.98 Å². The van der Waals surface area contributed by atoms with Crippen LogP contribution in [0.25, 0.3) is 0 Å². The van der Waals surface area contributed by atoms with Gasteiger partial charge >= 0.3 is 0 Å². The van der Waals surface area contributed by atoms with Gasteiger partial charge in [-0.2, -0.15) is 0 Å². The molecule has 0 spiro atoms. The number of aromatic nitrogens is 1. The summed E-state index contributed by atoms with van der Waals surface area (Å²) in [6, 6.07) is 10.1. The number of amides is 2. The van der Waals surface area contributed by atoms with Crippen LogP contribution in [-0.4, -0.2) is 22.8 Å². The van der Waals surface area contributed by atoms with Crippen LogP contribution in [-0.2, 0) is 16.1 Å². The summed E-state index contributed by atoms with van der Waals surface area (Å²) < 4.78 is 0. The highest BCUT2D eigenvalue weighted by molar-refractivity contribution is 6.30. The Hall–Kier alpha value is -2.24. The molecule has 1 aliphatic heterocycles. The van der Waals surface area contributed by atoms with Gasteiger partial charge in [0.2, 0.25) is 5.91 Å². The zero-order chi connectivity index (χ0) is 15.5. The molecule has 1 aromatic heterocycles. The fraction of sp³-hybridized carbons (Fsp3) is 0.188. The Morgan fingerprint density at radius 2 is 1.82 bits per heavy atom. The maximum absolute atomic E-state index is 12.5. The number of hydrogen-bond acceptors (Lipinski definition) is 3. The minimum Gasteiger partial charge on any atom is -0.332 e. The summed E-state index contributed by atoms with van der Waals surface area (Å²) >= 11 is 5.84. The van der Waals surface area contributed by atoms with Crippen LogP contribution >= 0.6 is 11.6 Å². The van der Waals surface area contributed by atoms with Gasteiger partial charge in [-0.05, 0) is 36.4 Å². The van der Waals surface area contributed by atoms with Crippen LogP contribution in [0.3, 0.4) is 0 Å². The Kier molecular flexibility index (Phi) is 4.18. The van der Waals surface area contributed by atoms with Crippen molar-refractivity contribution in [2.75, 3.05) is 4.90 Å². The number of carbonyl (C=O) groups excluding carboxylic acids is 2. The van der Waals surface area contributed by atoms with Crippen LogP contribution < -0.4 is 10.2 Å². The van der Waals surface area contributed by atoms with Crippen molar-refractivity contribution in [2.45, 2.75) is 19.0 Å². The van der Waals surface area contributed by atoms with E-state index in [0.717, 1.165) is 5.56 Å². The van der Waals surface area contributed by atoms with Gasteiger partial charge in [0.05, 0.1) is 12.1 Å². The normalized spacial score (nSPS) is 18.0. The molecule has 2 amide bonds. The number of anilines is 1. The van der Waals surface area contributed by atoms with Crippen LogP contribution in [0, 0.1) is 0 Å². The topological polar surface area (TPSA) is 66.9 Å². The number of nitrogens with two attached hydrogens (primary N) is 1. The van der Waals surface area contributed by atoms with Gasteiger partial charge in [-0.1, -0.05) is 11.6 Å². The molecule has 1 aromatic carbocycles. The smallest absolute Gasteiger partial charge is 0.292 e. The summed E-state index contributed by atoms with van der Waals surface area (Å²) in [5.74, 6) is -0.357. The number of imide groups is 1. The van der Waals surface area contributed by atoms with Crippen molar-refractivity contribution < 1.29 is 14.9 Å². The van der Waals surface area contributed by atoms with Gasteiger partial charge in [-0.15, -0.1) is 0 Å². The van der Waals surface area contributed by atoms with E-state index in [1.165, 1.54) is 4.90 Å². The largest absolute Gasteiger partial charge is 0.332 e. The summed E-state index contributed by atoms with van der Waals surface area (Å²) in [4.78, 5) is 29.8. The second-order valence-electron chi connectivity index (χ2n) is 5.15. The number of halogens is 1. The highest BCUT2D eigenvalue weighted by atomic mass is 35.5. The fourth-order valence-corrected chi connectivity index (χ4v) is 2.62. The van der Waals surface area contributed by atoms with E-state index in [1.54, 1.807) is 36.7 Å². The van der Waals surface area contributed by atoms with Gasteiger partial charge in [0.15, 0.2) is 6.04 Å². The van der Waals surface area contributed by atoms with Crippen molar-refractivity contribution in [2.24, 2.45) is 0 Å². The van der Waals surface area contributed by atoms with Crippen molar-refractivity contribution in [3.8, 4) is 0 Å². The van der Waals surface area contributed by atoms with Gasteiger partial charge < -0.3 is 5.32 Å². The van der Waals surface area contributed by atoms with Crippen LogP contribution in [0.4, 0.5) is 5.69 Å². The van der Waals surface area contributed by atoms with Crippen LogP contribution in [0.1, 0.15) is 12.0 Å². The lowest BCUT2D eigenvalue weighted by Gasteiger charge is -2.14. The quantitative estimate of drug-likeness (QED) is 0.860. The van der Waals surface area contributed by atoms with Gasteiger partial charge in [-0.3, -0.25) is 14.6 Å². The Morgan fingerprint density at radius 1 is 1.14 bits per heavy atom. The van der Waals surface area contributed by atoms with E-state index in [9.17, 15) is 9.59 Å². The van der Waals surface area contributed by atoms with Crippen molar-refractivity contribution in [1.82, 2.24) is 4.98 Å². The van der Waals surface area contributed by atoms with Gasteiger partial charge in [0.25, 0.3) is 5.91 Å². The van der Waals surface area contributed by atoms with E-state index in [-0.39, 0.29) is 24.3 Å². The van der Waals surface area contributed by atoms with E-state index < -0.39 is 0 Å². The Bertz CT molecular complexity index is 688. The monoisotopic (exact) mass is 316 g/mol. The molecular weight excluding hydrogens is 302 g/mol. The molecule has 2 heterocycles. The molecule has 1 atom stereocenters. The number of nitrogens with zero attached hydrogens (tertiary/aromatic N) is 2.